The van der Waals surface area contributed by atoms with Gasteiger partial charge < -0.3 is 4.74 Å². The molecule has 3 rings (SSSR count). The number of Topliss-reactive ketones (excluding diaryl/α,β-unsaturated/α-hetero) is 1. The highest BCUT2D eigenvalue weighted by Crippen LogP contribution is 2.36. The minimum atomic E-state index is -0.565. The summed E-state index contributed by atoms with van der Waals surface area (Å²) >= 11 is 0. The maximum absolute atomic E-state index is 14.2. The van der Waals surface area contributed by atoms with Crippen molar-refractivity contribution in [3.05, 3.63) is 65.0 Å². The normalized spacial score (nSPS) is 16.8. The fraction of sp³-hybridized carbons (Fsp3) is 0.235. The second-order valence-electron chi connectivity index (χ2n) is 4.98. The fourth-order valence-electron chi connectivity index (χ4n) is 2.88. The molecule has 1 aliphatic carbocycles. The van der Waals surface area contributed by atoms with E-state index in [2.05, 4.69) is 0 Å². The number of fused-ring (bicyclic) bond motifs is 1. The van der Waals surface area contributed by atoms with Gasteiger partial charge in [0.1, 0.15) is 0 Å². The Balaban J connectivity index is 1.99. The van der Waals surface area contributed by atoms with Crippen LogP contribution in [0.4, 0.5) is 4.39 Å². The number of hydrogen-bond donors (Lipinski definition) is 0. The van der Waals surface area contributed by atoms with Crippen LogP contribution in [0.5, 0.6) is 5.75 Å². The molecule has 0 saturated carbocycles. The molecular formula is C17H15FO2. The first kappa shape index (κ1) is 12.9. The molecule has 0 amide bonds. The number of benzene rings is 2. The van der Waals surface area contributed by atoms with Gasteiger partial charge in [-0.2, -0.15) is 0 Å². The molecule has 0 fully saturated rings. The third-order valence-corrected chi connectivity index (χ3v) is 3.90. The molecule has 2 aromatic rings. The Bertz CT molecular complexity index is 664. The van der Waals surface area contributed by atoms with E-state index in [1.54, 1.807) is 6.07 Å². The molecule has 1 unspecified atom stereocenters. The van der Waals surface area contributed by atoms with Crippen molar-refractivity contribution < 1.29 is 13.9 Å². The summed E-state index contributed by atoms with van der Waals surface area (Å²) in [5, 5.41) is 0. The Morgan fingerprint density at radius 2 is 2.00 bits per heavy atom. The molecule has 0 heterocycles. The second kappa shape index (κ2) is 5.08. The Morgan fingerprint density at radius 1 is 1.20 bits per heavy atom. The van der Waals surface area contributed by atoms with E-state index in [0.717, 1.165) is 18.4 Å². The van der Waals surface area contributed by atoms with Crippen LogP contribution in [0.15, 0.2) is 42.5 Å². The highest BCUT2D eigenvalue weighted by atomic mass is 19.1. The van der Waals surface area contributed by atoms with Crippen molar-refractivity contribution in [2.45, 2.75) is 18.8 Å². The number of rotatable bonds is 3. The second-order valence-corrected chi connectivity index (χ2v) is 4.98. The molecule has 1 aliphatic rings. The Kier molecular flexibility index (Phi) is 3.26. The first-order valence-electron chi connectivity index (χ1n) is 6.67. The summed E-state index contributed by atoms with van der Waals surface area (Å²) in [6.07, 6.45) is 1.62. The summed E-state index contributed by atoms with van der Waals surface area (Å²) < 4.78 is 19.1. The molecule has 0 aromatic heterocycles. The SMILES string of the molecule is COc1cccc(C(=O)C2CCc3ccccc32)c1F. The number of methoxy groups -OCH3 is 1. The number of halogens is 1. The van der Waals surface area contributed by atoms with Gasteiger partial charge in [0.05, 0.1) is 12.7 Å². The van der Waals surface area contributed by atoms with Gasteiger partial charge in [0.25, 0.3) is 0 Å². The molecule has 3 heteroatoms. The van der Waals surface area contributed by atoms with E-state index in [9.17, 15) is 9.18 Å². The summed E-state index contributed by atoms with van der Waals surface area (Å²) in [6, 6.07) is 12.6. The van der Waals surface area contributed by atoms with Crippen LogP contribution in [0.25, 0.3) is 0 Å². The molecule has 0 saturated heterocycles. The predicted octanol–water partition coefficient (Wildman–Crippen LogP) is 3.75. The van der Waals surface area contributed by atoms with E-state index in [-0.39, 0.29) is 23.0 Å². The van der Waals surface area contributed by atoms with Gasteiger partial charge in [0.15, 0.2) is 17.3 Å². The maximum Gasteiger partial charge on any atom is 0.175 e. The van der Waals surface area contributed by atoms with Crippen LogP contribution >= 0.6 is 0 Å². The maximum atomic E-state index is 14.2. The average molecular weight is 270 g/mol. The number of carbonyl (C=O) groups excluding carboxylic acids is 1. The van der Waals surface area contributed by atoms with Crippen molar-refractivity contribution in [2.24, 2.45) is 0 Å². The third kappa shape index (κ3) is 1.99. The number of aryl methyl sites for hydroxylation is 1. The summed E-state index contributed by atoms with van der Waals surface area (Å²) in [4.78, 5) is 12.6. The van der Waals surface area contributed by atoms with E-state index < -0.39 is 5.82 Å². The van der Waals surface area contributed by atoms with Crippen molar-refractivity contribution >= 4 is 5.78 Å². The first-order chi connectivity index (χ1) is 9.72. The number of carbonyl (C=O) groups is 1. The standard InChI is InChI=1S/C17H15FO2/c1-20-15-8-4-7-14(16(15)18)17(19)13-10-9-11-5-2-3-6-12(11)13/h2-8,13H,9-10H2,1H3. The molecule has 0 spiro atoms. The monoisotopic (exact) mass is 270 g/mol. The van der Waals surface area contributed by atoms with Crippen molar-refractivity contribution in [3.8, 4) is 5.75 Å². The van der Waals surface area contributed by atoms with E-state index in [1.807, 2.05) is 24.3 Å². The molecule has 0 radical (unpaired) electrons. The van der Waals surface area contributed by atoms with Crippen LogP contribution in [0, 0.1) is 5.82 Å². The number of ether oxygens (including phenoxy) is 1. The summed E-state index contributed by atoms with van der Waals surface area (Å²) in [5.41, 5.74) is 2.33. The zero-order valence-corrected chi connectivity index (χ0v) is 11.2. The number of hydrogen-bond acceptors (Lipinski definition) is 2. The molecule has 0 aliphatic heterocycles. The lowest BCUT2D eigenvalue weighted by Gasteiger charge is -2.12. The Hall–Kier alpha value is -2.16. The lowest BCUT2D eigenvalue weighted by molar-refractivity contribution is 0.0955. The summed E-state index contributed by atoms with van der Waals surface area (Å²) in [5.74, 6) is -0.856. The van der Waals surface area contributed by atoms with Crippen molar-refractivity contribution in [1.82, 2.24) is 0 Å². The van der Waals surface area contributed by atoms with Gasteiger partial charge in [0.2, 0.25) is 0 Å². The predicted molar refractivity (Wildman–Crippen MR) is 74.8 cm³/mol. The zero-order chi connectivity index (χ0) is 14.1. The smallest absolute Gasteiger partial charge is 0.175 e. The van der Waals surface area contributed by atoms with Crippen LogP contribution in [0.1, 0.15) is 33.8 Å². The van der Waals surface area contributed by atoms with Crippen LogP contribution in [-0.4, -0.2) is 12.9 Å². The molecule has 1 atom stereocenters. The van der Waals surface area contributed by atoms with Crippen LogP contribution < -0.4 is 4.74 Å². The molecule has 20 heavy (non-hydrogen) atoms. The van der Waals surface area contributed by atoms with Gasteiger partial charge >= 0.3 is 0 Å². The van der Waals surface area contributed by atoms with E-state index in [1.165, 1.54) is 24.8 Å². The highest BCUT2D eigenvalue weighted by Gasteiger charge is 2.30. The van der Waals surface area contributed by atoms with Crippen molar-refractivity contribution in [1.29, 1.82) is 0 Å². The molecule has 0 N–H and O–H groups in total. The van der Waals surface area contributed by atoms with Gasteiger partial charge in [-0.15, -0.1) is 0 Å². The Morgan fingerprint density at radius 3 is 2.80 bits per heavy atom. The molecule has 2 aromatic carbocycles. The van der Waals surface area contributed by atoms with E-state index in [0.29, 0.717) is 0 Å². The first-order valence-corrected chi connectivity index (χ1v) is 6.67. The quantitative estimate of drug-likeness (QED) is 0.794. The zero-order valence-electron chi connectivity index (χ0n) is 11.2. The third-order valence-electron chi connectivity index (χ3n) is 3.90. The summed E-state index contributed by atoms with van der Waals surface area (Å²) in [7, 11) is 1.40. The number of ketones is 1. The minimum absolute atomic E-state index is 0.113. The topological polar surface area (TPSA) is 26.3 Å². The fourth-order valence-corrected chi connectivity index (χ4v) is 2.88. The lowest BCUT2D eigenvalue weighted by atomic mass is 9.92. The van der Waals surface area contributed by atoms with Crippen molar-refractivity contribution in [3.63, 3.8) is 0 Å². The molecule has 102 valence electrons. The molecule has 0 bridgehead atoms. The van der Waals surface area contributed by atoms with Gasteiger partial charge in [-0.3, -0.25) is 4.79 Å². The van der Waals surface area contributed by atoms with Gasteiger partial charge in [-0.25, -0.2) is 4.39 Å². The van der Waals surface area contributed by atoms with Gasteiger partial charge in [0, 0.05) is 5.92 Å². The summed E-state index contributed by atoms with van der Waals surface area (Å²) in [6.45, 7) is 0. The van der Waals surface area contributed by atoms with Crippen LogP contribution in [-0.2, 0) is 6.42 Å². The minimum Gasteiger partial charge on any atom is -0.494 e. The van der Waals surface area contributed by atoms with E-state index in [4.69, 9.17) is 4.74 Å². The Labute approximate surface area is 117 Å². The molecular weight excluding hydrogens is 255 g/mol. The lowest BCUT2D eigenvalue weighted by Crippen LogP contribution is -2.12. The van der Waals surface area contributed by atoms with Gasteiger partial charge in [-0.05, 0) is 36.1 Å². The van der Waals surface area contributed by atoms with Crippen LogP contribution in [0.2, 0.25) is 0 Å². The highest BCUT2D eigenvalue weighted by molar-refractivity contribution is 6.02. The van der Waals surface area contributed by atoms with E-state index >= 15 is 0 Å². The average Bonchev–Trinajstić information content (AvgIpc) is 2.91. The largest absolute Gasteiger partial charge is 0.494 e. The van der Waals surface area contributed by atoms with Crippen molar-refractivity contribution in [2.75, 3.05) is 7.11 Å². The van der Waals surface area contributed by atoms with Gasteiger partial charge in [-0.1, -0.05) is 30.3 Å². The van der Waals surface area contributed by atoms with Crippen LogP contribution in [0.3, 0.4) is 0 Å². The molecule has 2 nitrogen and oxygen atoms in total.